The van der Waals surface area contributed by atoms with Crippen LogP contribution in [0.15, 0.2) is 47.4 Å². The van der Waals surface area contributed by atoms with E-state index in [9.17, 15) is 26.4 Å². The molecule has 0 spiro atoms. The van der Waals surface area contributed by atoms with Gasteiger partial charge in [0.05, 0.1) is 21.7 Å². The number of aromatic nitrogens is 2. The highest BCUT2D eigenvalue weighted by Crippen LogP contribution is 2.30. The Hall–Kier alpha value is -3.21. The van der Waals surface area contributed by atoms with Crippen LogP contribution in [0.25, 0.3) is 10.9 Å². The van der Waals surface area contributed by atoms with Crippen molar-refractivity contribution in [1.82, 2.24) is 15.3 Å². The predicted octanol–water partition coefficient (Wildman–Crippen LogP) is 3.65. The molecule has 7 nitrogen and oxygen atoms in total. The number of hydrogen-bond acceptors (Lipinski definition) is 6. The first-order valence-corrected chi connectivity index (χ1v) is 12.5. The van der Waals surface area contributed by atoms with Gasteiger partial charge in [-0.2, -0.15) is 13.2 Å². The monoisotopic (exact) mass is 492 g/mol. The van der Waals surface area contributed by atoms with Crippen molar-refractivity contribution >= 4 is 32.6 Å². The molecule has 11 heteroatoms. The summed E-state index contributed by atoms with van der Waals surface area (Å²) >= 11 is 0. The fraction of sp³-hybridized carbons (Fsp3) is 0.348. The molecule has 34 heavy (non-hydrogen) atoms. The summed E-state index contributed by atoms with van der Waals surface area (Å²) in [5.41, 5.74) is 0.685. The molecule has 1 N–H and O–H groups in total. The van der Waals surface area contributed by atoms with Gasteiger partial charge in [-0.05, 0) is 55.7 Å². The Morgan fingerprint density at radius 1 is 1.18 bits per heavy atom. The van der Waals surface area contributed by atoms with Crippen LogP contribution < -0.4 is 10.2 Å². The number of aryl methyl sites for hydroxylation is 1. The number of carbonyl (C=O) groups excluding carboxylic acids is 1. The zero-order chi connectivity index (χ0) is 24.7. The lowest BCUT2D eigenvalue weighted by Gasteiger charge is -2.24. The Morgan fingerprint density at radius 3 is 2.65 bits per heavy atom. The number of nitrogens with zero attached hydrogens (tertiary/aromatic N) is 3. The lowest BCUT2D eigenvalue weighted by Crippen LogP contribution is -2.43. The normalized spacial score (nSPS) is 16.7. The maximum atomic E-state index is 12.9. The van der Waals surface area contributed by atoms with Crippen LogP contribution >= 0.6 is 0 Å². The van der Waals surface area contributed by atoms with Gasteiger partial charge in [0.1, 0.15) is 6.04 Å². The third-order valence-corrected chi connectivity index (χ3v) is 6.92. The molecule has 180 valence electrons. The van der Waals surface area contributed by atoms with Crippen molar-refractivity contribution < 1.29 is 26.4 Å². The van der Waals surface area contributed by atoms with Gasteiger partial charge in [-0.25, -0.2) is 18.4 Å². The van der Waals surface area contributed by atoms with E-state index in [-0.39, 0.29) is 17.3 Å². The molecule has 0 aliphatic carbocycles. The van der Waals surface area contributed by atoms with Gasteiger partial charge < -0.3 is 10.2 Å². The first kappa shape index (κ1) is 23.9. The van der Waals surface area contributed by atoms with E-state index in [0.29, 0.717) is 47.5 Å². The Balaban J connectivity index is 1.55. The summed E-state index contributed by atoms with van der Waals surface area (Å²) in [5.74, 6) is -0.0199. The lowest BCUT2D eigenvalue weighted by molar-refractivity contribution is -0.137. The zero-order valence-electron chi connectivity index (χ0n) is 18.6. The summed E-state index contributed by atoms with van der Waals surface area (Å²) in [6.07, 6.45) is -2.08. The molecule has 1 unspecified atom stereocenters. The van der Waals surface area contributed by atoms with Gasteiger partial charge >= 0.3 is 6.18 Å². The molecule has 1 amide bonds. The van der Waals surface area contributed by atoms with Crippen molar-refractivity contribution in [2.45, 2.75) is 43.4 Å². The van der Waals surface area contributed by atoms with Crippen LogP contribution in [0.5, 0.6) is 0 Å². The number of hydrogen-bond donors (Lipinski definition) is 1. The summed E-state index contributed by atoms with van der Waals surface area (Å²) < 4.78 is 62.7. The number of nitrogens with one attached hydrogen (secondary N) is 1. The number of alkyl halides is 3. The van der Waals surface area contributed by atoms with Gasteiger partial charge in [-0.3, -0.25) is 4.79 Å². The molecule has 0 saturated carbocycles. The number of rotatable bonds is 5. The molecule has 2 aromatic carbocycles. The number of amides is 1. The lowest BCUT2D eigenvalue weighted by atomic mass is 10.1. The van der Waals surface area contributed by atoms with E-state index in [4.69, 9.17) is 0 Å². The molecule has 1 aliphatic rings. The van der Waals surface area contributed by atoms with Crippen LogP contribution in [0, 0.1) is 6.92 Å². The topological polar surface area (TPSA) is 92.3 Å². The van der Waals surface area contributed by atoms with Crippen molar-refractivity contribution in [3.05, 3.63) is 59.3 Å². The fourth-order valence-electron chi connectivity index (χ4n) is 4.06. The second kappa shape index (κ2) is 8.86. The summed E-state index contributed by atoms with van der Waals surface area (Å²) in [5, 5.41) is 3.43. The molecular weight excluding hydrogens is 469 g/mol. The highest BCUT2D eigenvalue weighted by Gasteiger charge is 2.33. The average molecular weight is 493 g/mol. The molecule has 1 aliphatic heterocycles. The van der Waals surface area contributed by atoms with Gasteiger partial charge in [-0.15, -0.1) is 0 Å². The average Bonchev–Trinajstić information content (AvgIpc) is 3.26. The minimum absolute atomic E-state index is 0.0393. The Labute approximate surface area is 194 Å². The van der Waals surface area contributed by atoms with Crippen LogP contribution in [0.2, 0.25) is 0 Å². The van der Waals surface area contributed by atoms with Crippen molar-refractivity contribution in [1.29, 1.82) is 0 Å². The van der Waals surface area contributed by atoms with E-state index in [1.54, 1.807) is 17.9 Å². The number of carbonyl (C=O) groups is 1. The minimum Gasteiger partial charge on any atom is -0.350 e. The third kappa shape index (κ3) is 4.98. The van der Waals surface area contributed by atoms with Crippen LogP contribution in [0.3, 0.4) is 0 Å². The smallest absolute Gasteiger partial charge is 0.350 e. The van der Waals surface area contributed by atoms with E-state index in [1.807, 2.05) is 0 Å². The van der Waals surface area contributed by atoms with E-state index in [1.165, 1.54) is 24.3 Å². The molecular formula is C23H23F3N4O3S. The van der Waals surface area contributed by atoms with E-state index in [0.717, 1.165) is 18.4 Å². The molecule has 3 aromatic rings. The summed E-state index contributed by atoms with van der Waals surface area (Å²) in [7, 11) is -3.42. The quantitative estimate of drug-likeness (QED) is 0.585. The largest absolute Gasteiger partial charge is 0.416 e. The zero-order valence-corrected chi connectivity index (χ0v) is 19.4. The molecule has 1 fully saturated rings. The van der Waals surface area contributed by atoms with Gasteiger partial charge in [0, 0.05) is 24.7 Å². The van der Waals surface area contributed by atoms with Crippen molar-refractivity contribution in [3.63, 3.8) is 0 Å². The van der Waals surface area contributed by atoms with Crippen molar-refractivity contribution in [2.24, 2.45) is 0 Å². The minimum atomic E-state index is -4.45. The van der Waals surface area contributed by atoms with Crippen LogP contribution in [-0.4, -0.2) is 43.1 Å². The molecule has 4 rings (SSSR count). The maximum absolute atomic E-state index is 12.9. The van der Waals surface area contributed by atoms with Gasteiger partial charge in [-0.1, -0.05) is 12.1 Å². The van der Waals surface area contributed by atoms with Crippen LogP contribution in [0.4, 0.5) is 19.1 Å². The second-order valence-corrected chi connectivity index (χ2v) is 10.3. The number of fused-ring (bicyclic) bond motifs is 1. The third-order valence-electron chi connectivity index (χ3n) is 5.81. The molecule has 0 radical (unpaired) electrons. The van der Waals surface area contributed by atoms with Crippen LogP contribution in [0.1, 0.15) is 29.7 Å². The second-order valence-electron chi connectivity index (χ2n) is 8.33. The fourth-order valence-corrected chi connectivity index (χ4v) is 4.70. The van der Waals surface area contributed by atoms with Crippen molar-refractivity contribution in [2.75, 3.05) is 17.7 Å². The highest BCUT2D eigenvalue weighted by molar-refractivity contribution is 7.90. The maximum Gasteiger partial charge on any atom is 0.416 e. The molecule has 0 bridgehead atoms. The van der Waals surface area contributed by atoms with E-state index in [2.05, 4.69) is 15.3 Å². The Morgan fingerprint density at radius 2 is 1.94 bits per heavy atom. The van der Waals surface area contributed by atoms with E-state index >= 15 is 0 Å². The number of halogens is 3. The van der Waals surface area contributed by atoms with Crippen molar-refractivity contribution in [3.8, 4) is 0 Å². The summed E-state index contributed by atoms with van der Waals surface area (Å²) in [6.45, 7) is 2.27. The predicted molar refractivity (Wildman–Crippen MR) is 121 cm³/mol. The first-order chi connectivity index (χ1) is 15.9. The first-order valence-electron chi connectivity index (χ1n) is 10.6. The van der Waals surface area contributed by atoms with Gasteiger partial charge in [0.2, 0.25) is 11.9 Å². The Kier molecular flexibility index (Phi) is 6.24. The molecule has 1 aromatic heterocycles. The number of anilines is 1. The highest BCUT2D eigenvalue weighted by atomic mass is 32.2. The van der Waals surface area contributed by atoms with Gasteiger partial charge in [0.25, 0.3) is 0 Å². The molecule has 1 atom stereocenters. The number of sulfone groups is 1. The van der Waals surface area contributed by atoms with Crippen LogP contribution in [-0.2, 0) is 27.4 Å². The Bertz CT molecular complexity index is 1360. The standard InChI is InChI=1S/C23H23F3N4O3S/c1-14-18-9-8-17(34(2,32)33)12-19(18)29-22(28-14)30-10-4-7-20(30)21(31)27-13-15-5-3-6-16(11-15)23(24,25)26/h3,5-6,8-9,11-12,20H,4,7,10,13H2,1-2H3,(H,27,31). The number of benzene rings is 2. The molecule has 2 heterocycles. The summed E-state index contributed by atoms with van der Waals surface area (Å²) in [4.78, 5) is 23.9. The van der Waals surface area contributed by atoms with E-state index < -0.39 is 27.6 Å². The molecule has 1 saturated heterocycles. The van der Waals surface area contributed by atoms with Gasteiger partial charge in [0.15, 0.2) is 9.84 Å². The summed E-state index contributed by atoms with van der Waals surface area (Å²) in [6, 6.07) is 8.91. The SMILES string of the molecule is Cc1nc(N2CCCC2C(=O)NCc2cccc(C(F)(F)F)c2)nc2cc(S(C)(=O)=O)ccc12.